The van der Waals surface area contributed by atoms with Crippen molar-refractivity contribution in [2.75, 3.05) is 27.3 Å². The second kappa shape index (κ2) is 8.02. The normalized spacial score (nSPS) is 13.0. The van der Waals surface area contributed by atoms with Crippen molar-refractivity contribution < 1.29 is 9.84 Å². The number of aliphatic hydroxyl groups excluding tert-OH is 1. The molecule has 0 saturated carbocycles. The maximum atomic E-state index is 9.66. The second-order valence-electron chi connectivity index (χ2n) is 6.05. The van der Waals surface area contributed by atoms with Gasteiger partial charge in [0.1, 0.15) is 5.75 Å². The lowest BCUT2D eigenvalue weighted by Gasteiger charge is -2.28. The van der Waals surface area contributed by atoms with E-state index >= 15 is 0 Å². The monoisotopic (exact) mass is 290 g/mol. The van der Waals surface area contributed by atoms with Gasteiger partial charge >= 0.3 is 0 Å². The fourth-order valence-corrected chi connectivity index (χ4v) is 2.31. The molecule has 0 aliphatic heterocycles. The van der Waals surface area contributed by atoms with E-state index in [0.717, 1.165) is 30.7 Å². The van der Waals surface area contributed by atoms with Gasteiger partial charge in [-0.1, -0.05) is 12.1 Å². The molecule has 21 heavy (non-hydrogen) atoms. The van der Waals surface area contributed by atoms with Crippen LogP contribution in [0.1, 0.15) is 38.3 Å². The fourth-order valence-electron chi connectivity index (χ4n) is 2.31. The van der Waals surface area contributed by atoms with Gasteiger partial charge in [-0.3, -0.25) is 4.90 Å². The lowest BCUT2D eigenvalue weighted by atomic mass is 9.89. The van der Waals surface area contributed by atoms with Crippen LogP contribution in [0.15, 0.2) is 24.3 Å². The minimum Gasteiger partial charge on any atom is -0.497 e. The minimum absolute atomic E-state index is 0.0268. The van der Waals surface area contributed by atoms with Crippen molar-refractivity contribution in [2.45, 2.75) is 32.7 Å². The Morgan fingerprint density at radius 3 is 2.43 bits per heavy atom. The number of ether oxygens (including phenoxy) is 1. The maximum absolute atomic E-state index is 9.66. The van der Waals surface area contributed by atoms with E-state index in [4.69, 9.17) is 10.00 Å². The Hall–Kier alpha value is -1.57. The number of nitriles is 1. The second-order valence-corrected chi connectivity index (χ2v) is 6.05. The summed E-state index contributed by atoms with van der Waals surface area (Å²) < 4.78 is 5.15. The molecule has 0 heterocycles. The molecule has 0 spiro atoms. The Kier molecular flexibility index (Phi) is 6.67. The highest BCUT2D eigenvalue weighted by Gasteiger charge is 2.19. The summed E-state index contributed by atoms with van der Waals surface area (Å²) >= 11 is 0. The molecule has 1 unspecified atom stereocenters. The van der Waals surface area contributed by atoms with E-state index in [0.29, 0.717) is 0 Å². The van der Waals surface area contributed by atoms with Gasteiger partial charge in [0, 0.05) is 0 Å². The first-order valence-electron chi connectivity index (χ1n) is 7.30. The van der Waals surface area contributed by atoms with Crippen molar-refractivity contribution in [1.82, 2.24) is 4.90 Å². The maximum Gasteiger partial charge on any atom is 0.118 e. The number of hydrogen-bond acceptors (Lipinski definition) is 4. The van der Waals surface area contributed by atoms with Crippen LogP contribution in [0.25, 0.3) is 0 Å². The first-order valence-corrected chi connectivity index (χ1v) is 7.30. The first kappa shape index (κ1) is 17.5. The van der Waals surface area contributed by atoms with E-state index in [1.165, 1.54) is 0 Å². The number of hydrogen-bond donors (Lipinski definition) is 1. The van der Waals surface area contributed by atoms with Crippen LogP contribution in [0, 0.1) is 16.7 Å². The summed E-state index contributed by atoms with van der Waals surface area (Å²) in [5.74, 6) is 0.814. The molecule has 0 fully saturated rings. The third-order valence-electron chi connectivity index (χ3n) is 3.82. The van der Waals surface area contributed by atoms with E-state index in [2.05, 4.69) is 11.0 Å². The summed E-state index contributed by atoms with van der Waals surface area (Å²) in [6.45, 7) is 4.84. The summed E-state index contributed by atoms with van der Waals surface area (Å²) in [5.41, 5.74) is 0.788. The molecular weight excluding hydrogens is 264 g/mol. The molecule has 1 aromatic rings. The van der Waals surface area contributed by atoms with Gasteiger partial charge in [0.15, 0.2) is 0 Å². The predicted octanol–water partition coefficient (Wildman–Crippen LogP) is 2.99. The molecule has 0 amide bonds. The SMILES string of the molecule is COc1ccc(C(CO)N(C)CCCC(C)(C)C#N)cc1. The molecule has 0 aromatic heterocycles. The summed E-state index contributed by atoms with van der Waals surface area (Å²) in [4.78, 5) is 2.13. The van der Waals surface area contributed by atoms with Crippen molar-refractivity contribution in [3.8, 4) is 11.8 Å². The van der Waals surface area contributed by atoms with Crippen LogP contribution in [0.3, 0.4) is 0 Å². The standard InChI is InChI=1S/C17H26N2O2/c1-17(2,13-18)10-5-11-19(3)16(12-20)14-6-8-15(21-4)9-7-14/h6-9,16,20H,5,10-12H2,1-4H3. The molecule has 0 bridgehead atoms. The largest absolute Gasteiger partial charge is 0.497 e. The molecule has 0 saturated heterocycles. The molecule has 1 N–H and O–H groups in total. The number of benzene rings is 1. The minimum atomic E-state index is -0.282. The number of nitrogens with zero attached hydrogens (tertiary/aromatic N) is 2. The Labute approximate surface area is 128 Å². The van der Waals surface area contributed by atoms with Gasteiger partial charge < -0.3 is 9.84 Å². The highest BCUT2D eigenvalue weighted by molar-refractivity contribution is 5.29. The molecule has 4 nitrogen and oxygen atoms in total. The fraction of sp³-hybridized carbons (Fsp3) is 0.588. The Balaban J connectivity index is 2.60. The number of methoxy groups -OCH3 is 1. The third kappa shape index (κ3) is 5.37. The van der Waals surface area contributed by atoms with Gasteiger partial charge in [-0.25, -0.2) is 0 Å². The molecule has 4 heteroatoms. The van der Waals surface area contributed by atoms with Crippen molar-refractivity contribution in [3.05, 3.63) is 29.8 Å². The van der Waals surface area contributed by atoms with Crippen LogP contribution in [0.5, 0.6) is 5.75 Å². The van der Waals surface area contributed by atoms with E-state index in [-0.39, 0.29) is 18.1 Å². The quantitative estimate of drug-likeness (QED) is 0.799. The highest BCUT2D eigenvalue weighted by atomic mass is 16.5. The summed E-state index contributed by atoms with van der Waals surface area (Å²) in [6.07, 6.45) is 1.79. The number of rotatable bonds is 8. The lowest BCUT2D eigenvalue weighted by molar-refractivity contribution is 0.143. The van der Waals surface area contributed by atoms with Crippen LogP contribution >= 0.6 is 0 Å². The van der Waals surface area contributed by atoms with Crippen molar-refractivity contribution >= 4 is 0 Å². The van der Waals surface area contributed by atoms with E-state index < -0.39 is 0 Å². The van der Waals surface area contributed by atoms with Gasteiger partial charge in [0.25, 0.3) is 0 Å². The molecule has 0 aliphatic rings. The smallest absolute Gasteiger partial charge is 0.118 e. The summed E-state index contributed by atoms with van der Waals surface area (Å²) in [5, 5.41) is 18.7. The molecule has 1 rings (SSSR count). The summed E-state index contributed by atoms with van der Waals surface area (Å²) in [6, 6.07) is 10.1. The van der Waals surface area contributed by atoms with Crippen molar-refractivity contribution in [1.29, 1.82) is 5.26 Å². The van der Waals surface area contributed by atoms with Crippen molar-refractivity contribution in [2.24, 2.45) is 5.41 Å². The van der Waals surface area contributed by atoms with Crippen LogP contribution in [-0.4, -0.2) is 37.3 Å². The predicted molar refractivity (Wildman–Crippen MR) is 84.1 cm³/mol. The molecule has 1 aromatic carbocycles. The zero-order chi connectivity index (χ0) is 15.9. The molecular formula is C17H26N2O2. The van der Waals surface area contributed by atoms with Gasteiger partial charge in [0.05, 0.1) is 31.2 Å². The molecule has 116 valence electrons. The average Bonchev–Trinajstić information content (AvgIpc) is 2.48. The van der Waals surface area contributed by atoms with Gasteiger partial charge in [-0.15, -0.1) is 0 Å². The Morgan fingerprint density at radius 1 is 1.33 bits per heavy atom. The van der Waals surface area contributed by atoms with Gasteiger partial charge in [-0.2, -0.15) is 5.26 Å². The highest BCUT2D eigenvalue weighted by Crippen LogP contribution is 2.24. The first-order chi connectivity index (χ1) is 9.93. The number of aliphatic hydroxyl groups is 1. The zero-order valence-electron chi connectivity index (χ0n) is 13.5. The average molecular weight is 290 g/mol. The van der Waals surface area contributed by atoms with Crippen LogP contribution in [0.2, 0.25) is 0 Å². The van der Waals surface area contributed by atoms with Crippen LogP contribution in [0.4, 0.5) is 0 Å². The van der Waals surface area contributed by atoms with E-state index in [9.17, 15) is 5.11 Å². The number of likely N-dealkylation sites (N-methyl/N-ethyl adjacent to an activating group) is 1. The third-order valence-corrected chi connectivity index (χ3v) is 3.82. The van der Waals surface area contributed by atoms with Gasteiger partial charge in [-0.05, 0) is 58.0 Å². The molecule has 0 aliphatic carbocycles. The topological polar surface area (TPSA) is 56.5 Å². The van der Waals surface area contributed by atoms with Crippen molar-refractivity contribution in [3.63, 3.8) is 0 Å². The zero-order valence-corrected chi connectivity index (χ0v) is 13.5. The molecule has 1 atom stereocenters. The Bertz CT molecular complexity index is 463. The molecule has 0 radical (unpaired) electrons. The summed E-state index contributed by atoms with van der Waals surface area (Å²) in [7, 11) is 3.64. The van der Waals surface area contributed by atoms with Crippen LogP contribution in [-0.2, 0) is 0 Å². The van der Waals surface area contributed by atoms with Gasteiger partial charge in [0.2, 0.25) is 0 Å². The van der Waals surface area contributed by atoms with E-state index in [1.807, 2.05) is 45.2 Å². The lowest BCUT2D eigenvalue weighted by Crippen LogP contribution is -2.29. The Morgan fingerprint density at radius 2 is 1.95 bits per heavy atom. The van der Waals surface area contributed by atoms with Crippen LogP contribution < -0.4 is 4.74 Å². The van der Waals surface area contributed by atoms with E-state index in [1.54, 1.807) is 7.11 Å².